The zero-order valence-electron chi connectivity index (χ0n) is 30.6. The van der Waals surface area contributed by atoms with E-state index >= 15 is 0 Å². The summed E-state index contributed by atoms with van der Waals surface area (Å²) in [7, 11) is 0. The van der Waals surface area contributed by atoms with Gasteiger partial charge in [-0.15, -0.1) is 34.0 Å². The van der Waals surface area contributed by atoms with Gasteiger partial charge in [0.1, 0.15) is 0 Å². The van der Waals surface area contributed by atoms with Crippen molar-refractivity contribution < 1.29 is 0 Å². The molecule has 5 heteroatoms. The molecule has 0 saturated heterocycles. The SMILES string of the molecule is c1ccc(N(c2ccc3sc4ccccc4c3c2)c2cc(N(c3ccccc3)c3ccc4sc5ccccc5c4c3)c3sc4c5ccccc5ccc4c3c2)cc1. The quantitative estimate of drug-likeness (QED) is 0.166. The predicted octanol–water partition coefficient (Wildman–Crippen LogP) is 16.9. The fourth-order valence-corrected chi connectivity index (χ4v) is 12.1. The van der Waals surface area contributed by atoms with Gasteiger partial charge >= 0.3 is 0 Å². The lowest BCUT2D eigenvalue weighted by molar-refractivity contribution is 1.27. The van der Waals surface area contributed by atoms with Crippen molar-refractivity contribution in [3.05, 3.63) is 194 Å². The number of rotatable bonds is 6. The molecule has 9 aromatic carbocycles. The Hall–Kier alpha value is -6.50. The highest BCUT2D eigenvalue weighted by atomic mass is 32.1. The minimum Gasteiger partial charge on any atom is -0.310 e. The maximum Gasteiger partial charge on any atom is 0.0661 e. The molecule has 0 saturated carbocycles. The van der Waals surface area contributed by atoms with E-state index in [4.69, 9.17) is 0 Å². The van der Waals surface area contributed by atoms with Gasteiger partial charge in [0.15, 0.2) is 0 Å². The molecule has 0 amide bonds. The zero-order valence-corrected chi connectivity index (χ0v) is 33.0. The summed E-state index contributed by atoms with van der Waals surface area (Å²) in [5.41, 5.74) is 6.76. The molecule has 0 atom stereocenters. The van der Waals surface area contributed by atoms with Crippen LogP contribution in [0, 0.1) is 0 Å². The second kappa shape index (κ2) is 13.0. The summed E-state index contributed by atoms with van der Waals surface area (Å²) in [5, 5.41) is 10.2. The molecule has 0 aliphatic rings. The summed E-state index contributed by atoms with van der Waals surface area (Å²) in [4.78, 5) is 4.92. The minimum absolute atomic E-state index is 1.11. The minimum atomic E-state index is 1.11. The van der Waals surface area contributed by atoms with Crippen molar-refractivity contribution in [2.24, 2.45) is 0 Å². The van der Waals surface area contributed by atoms with Crippen LogP contribution in [0.15, 0.2) is 194 Å². The van der Waals surface area contributed by atoms with Gasteiger partial charge in [-0.2, -0.15) is 0 Å². The van der Waals surface area contributed by atoms with Crippen LogP contribution in [0.3, 0.4) is 0 Å². The number of para-hydroxylation sites is 2. The first-order valence-electron chi connectivity index (χ1n) is 19.2. The number of anilines is 6. The second-order valence-electron chi connectivity index (χ2n) is 14.5. The number of nitrogens with zero attached hydrogens (tertiary/aromatic N) is 2. The molecule has 0 bridgehead atoms. The van der Waals surface area contributed by atoms with Crippen molar-refractivity contribution in [3.8, 4) is 0 Å². The molecule has 3 aromatic heterocycles. The highest BCUT2D eigenvalue weighted by Gasteiger charge is 2.24. The van der Waals surface area contributed by atoms with Crippen LogP contribution < -0.4 is 9.80 Å². The van der Waals surface area contributed by atoms with Gasteiger partial charge in [0.05, 0.1) is 10.4 Å². The van der Waals surface area contributed by atoms with Gasteiger partial charge in [-0.3, -0.25) is 0 Å². The standard InChI is InChI=1S/C52H32N2S3/c1-3-14-34(15-4-1)53(36-24-27-49-43(29-36)40-19-9-11-21-47(40)55-49)38-31-45-42-26-23-33-13-7-8-18-39(33)51(42)57-52(45)46(32-38)54(35-16-5-2-6-17-35)37-25-28-50-44(30-37)41-20-10-12-22-48(41)56-50/h1-32H. The van der Waals surface area contributed by atoms with Gasteiger partial charge in [0.25, 0.3) is 0 Å². The third-order valence-corrected chi connectivity index (χ3v) is 14.8. The lowest BCUT2D eigenvalue weighted by Crippen LogP contribution is -2.13. The fraction of sp³-hybridized carbons (Fsp3) is 0. The summed E-state index contributed by atoms with van der Waals surface area (Å²) in [5.74, 6) is 0. The van der Waals surface area contributed by atoms with Gasteiger partial charge in [0.2, 0.25) is 0 Å². The highest BCUT2D eigenvalue weighted by molar-refractivity contribution is 7.27. The molecule has 12 rings (SSSR count). The van der Waals surface area contributed by atoms with Crippen LogP contribution in [0.4, 0.5) is 34.1 Å². The number of hydrogen-bond acceptors (Lipinski definition) is 5. The molecule has 3 heterocycles. The van der Waals surface area contributed by atoms with E-state index < -0.39 is 0 Å². The zero-order chi connectivity index (χ0) is 37.5. The lowest BCUT2D eigenvalue weighted by atomic mass is 10.0. The Morgan fingerprint density at radius 3 is 1.42 bits per heavy atom. The summed E-state index contributed by atoms with van der Waals surface area (Å²) in [6.07, 6.45) is 0. The monoisotopic (exact) mass is 780 g/mol. The van der Waals surface area contributed by atoms with Crippen molar-refractivity contribution in [3.63, 3.8) is 0 Å². The summed E-state index contributed by atoms with van der Waals surface area (Å²) in [6, 6.07) is 71.5. The first-order chi connectivity index (χ1) is 28.2. The second-order valence-corrected chi connectivity index (χ2v) is 17.7. The van der Waals surface area contributed by atoms with Crippen LogP contribution >= 0.6 is 34.0 Å². The average Bonchev–Trinajstić information content (AvgIpc) is 3.96. The molecule has 2 nitrogen and oxygen atoms in total. The van der Waals surface area contributed by atoms with Crippen molar-refractivity contribution in [1.29, 1.82) is 0 Å². The maximum absolute atomic E-state index is 2.48. The first kappa shape index (κ1) is 32.7. The Morgan fingerprint density at radius 1 is 0.263 bits per heavy atom. The van der Waals surface area contributed by atoms with E-state index in [-0.39, 0.29) is 0 Å². The molecule has 0 N–H and O–H groups in total. The van der Waals surface area contributed by atoms with E-state index in [9.17, 15) is 0 Å². The summed E-state index contributed by atoms with van der Waals surface area (Å²) < 4.78 is 7.79. The van der Waals surface area contributed by atoms with Crippen molar-refractivity contribution in [2.45, 2.75) is 0 Å². The molecule has 0 aliphatic heterocycles. The number of hydrogen-bond donors (Lipinski definition) is 0. The molecule has 12 aromatic rings. The third-order valence-electron chi connectivity index (χ3n) is 11.2. The summed E-state index contributed by atoms with van der Waals surface area (Å²) in [6.45, 7) is 0. The largest absolute Gasteiger partial charge is 0.310 e. The Morgan fingerprint density at radius 2 is 0.772 bits per heavy atom. The maximum atomic E-state index is 2.48. The van der Waals surface area contributed by atoms with Crippen molar-refractivity contribution in [2.75, 3.05) is 9.80 Å². The number of thiophene rings is 3. The van der Waals surface area contributed by atoms with E-state index in [0.717, 1.165) is 34.1 Å². The van der Waals surface area contributed by atoms with Crippen LogP contribution in [0.1, 0.15) is 0 Å². The van der Waals surface area contributed by atoms with Crippen molar-refractivity contribution >= 4 is 139 Å². The lowest BCUT2D eigenvalue weighted by Gasteiger charge is -2.30. The summed E-state index contributed by atoms with van der Waals surface area (Å²) >= 11 is 5.62. The normalized spacial score (nSPS) is 11.9. The Kier molecular flexibility index (Phi) is 7.48. The van der Waals surface area contributed by atoms with Gasteiger partial charge in [-0.05, 0) is 95.7 Å². The van der Waals surface area contributed by atoms with E-state index in [1.807, 2.05) is 34.0 Å². The molecule has 0 spiro atoms. The molecular weight excluding hydrogens is 749 g/mol. The predicted molar refractivity (Wildman–Crippen MR) is 252 cm³/mol. The van der Waals surface area contributed by atoms with E-state index in [0.29, 0.717) is 0 Å². The number of benzene rings is 9. The van der Waals surface area contributed by atoms with Crippen LogP contribution in [-0.4, -0.2) is 0 Å². The van der Waals surface area contributed by atoms with Gasteiger partial charge in [-0.25, -0.2) is 0 Å². The van der Waals surface area contributed by atoms with Crippen LogP contribution in [0.5, 0.6) is 0 Å². The van der Waals surface area contributed by atoms with Gasteiger partial charge in [-0.1, -0.05) is 109 Å². The topological polar surface area (TPSA) is 6.48 Å². The van der Waals surface area contributed by atoms with Crippen molar-refractivity contribution in [1.82, 2.24) is 0 Å². The van der Waals surface area contributed by atoms with Crippen LogP contribution in [-0.2, 0) is 0 Å². The number of fused-ring (bicyclic) bond motifs is 11. The van der Waals surface area contributed by atoms with Crippen LogP contribution in [0.25, 0.3) is 71.3 Å². The Balaban J connectivity index is 1.18. The smallest absolute Gasteiger partial charge is 0.0661 e. The van der Waals surface area contributed by atoms with E-state index in [1.54, 1.807) is 0 Å². The van der Waals surface area contributed by atoms with Crippen LogP contribution in [0.2, 0.25) is 0 Å². The molecule has 0 unspecified atom stereocenters. The first-order valence-corrected chi connectivity index (χ1v) is 21.6. The molecule has 57 heavy (non-hydrogen) atoms. The third kappa shape index (κ3) is 5.28. The molecule has 0 radical (unpaired) electrons. The molecule has 268 valence electrons. The van der Waals surface area contributed by atoms with E-state index in [2.05, 4.69) is 204 Å². The molecular formula is C52H32N2S3. The molecule has 0 fully saturated rings. The average molecular weight is 781 g/mol. The Bertz CT molecular complexity index is 3490. The Labute approximate surface area is 341 Å². The fourth-order valence-electron chi connectivity index (χ4n) is 8.60. The molecule has 0 aliphatic carbocycles. The van der Waals surface area contributed by atoms with E-state index in [1.165, 1.54) is 71.3 Å². The highest BCUT2D eigenvalue weighted by Crippen LogP contribution is 2.51. The van der Waals surface area contributed by atoms with Gasteiger partial charge < -0.3 is 9.80 Å². The van der Waals surface area contributed by atoms with Gasteiger partial charge in [0, 0.05) is 84.3 Å².